The number of benzene rings is 1. The first-order chi connectivity index (χ1) is 11.1. The molecule has 118 valence electrons. The number of furan rings is 1. The normalized spacial score (nSPS) is 15.0. The average Bonchev–Trinajstić information content (AvgIpc) is 3.08. The summed E-state index contributed by atoms with van der Waals surface area (Å²) in [5.41, 5.74) is 0.752. The summed E-state index contributed by atoms with van der Waals surface area (Å²) in [4.78, 5) is 18.2. The molecule has 3 aromatic rings. The van der Waals surface area contributed by atoms with Crippen molar-refractivity contribution in [2.75, 3.05) is 13.1 Å². The molecule has 1 aromatic carbocycles. The van der Waals surface area contributed by atoms with E-state index in [1.54, 1.807) is 23.1 Å². The number of fused-ring (bicyclic) bond motifs is 1. The van der Waals surface area contributed by atoms with Crippen molar-refractivity contribution in [2.45, 2.75) is 6.10 Å². The molecule has 8 heteroatoms. The van der Waals surface area contributed by atoms with Gasteiger partial charge >= 0.3 is 0 Å². The first kappa shape index (κ1) is 15.0. The zero-order chi connectivity index (χ0) is 16.0. The summed E-state index contributed by atoms with van der Waals surface area (Å²) in [6, 6.07) is 9.00. The van der Waals surface area contributed by atoms with Gasteiger partial charge in [-0.25, -0.2) is 4.98 Å². The molecule has 3 heterocycles. The molecule has 1 aliphatic heterocycles. The van der Waals surface area contributed by atoms with Gasteiger partial charge in [0.2, 0.25) is 0 Å². The van der Waals surface area contributed by atoms with E-state index in [0.29, 0.717) is 33.7 Å². The maximum Gasteiger partial charge on any atom is 0.289 e. The highest BCUT2D eigenvalue weighted by atomic mass is 79.9. The number of amides is 1. The van der Waals surface area contributed by atoms with Gasteiger partial charge in [-0.2, -0.15) is 0 Å². The predicted octanol–water partition coefficient (Wildman–Crippen LogP) is 4.21. The molecule has 0 bridgehead atoms. The SMILES string of the molecule is O=C(c1ccc(Br)o1)N1CC(Oc2nc3c(Cl)cccc3s2)C1. The number of thiazole rings is 1. The molecule has 5 nitrogen and oxygen atoms in total. The van der Waals surface area contributed by atoms with Crippen molar-refractivity contribution >= 4 is 55.0 Å². The van der Waals surface area contributed by atoms with E-state index in [2.05, 4.69) is 20.9 Å². The maximum atomic E-state index is 12.1. The van der Waals surface area contributed by atoms with Crippen LogP contribution in [0, 0.1) is 0 Å². The predicted molar refractivity (Wildman–Crippen MR) is 91.4 cm³/mol. The lowest BCUT2D eigenvalue weighted by molar-refractivity contribution is 0.0154. The molecule has 2 aromatic heterocycles. The highest BCUT2D eigenvalue weighted by Crippen LogP contribution is 2.33. The van der Waals surface area contributed by atoms with Gasteiger partial charge in [0.15, 0.2) is 10.4 Å². The summed E-state index contributed by atoms with van der Waals surface area (Å²) < 4.78 is 12.6. The Hall–Kier alpha value is -1.57. The summed E-state index contributed by atoms with van der Waals surface area (Å²) in [6.45, 7) is 1.03. The van der Waals surface area contributed by atoms with Gasteiger partial charge < -0.3 is 14.1 Å². The van der Waals surface area contributed by atoms with Crippen LogP contribution < -0.4 is 4.74 Å². The van der Waals surface area contributed by atoms with Gasteiger partial charge in [-0.3, -0.25) is 4.79 Å². The smallest absolute Gasteiger partial charge is 0.289 e. The number of rotatable bonds is 3. The molecule has 0 spiro atoms. The molecule has 23 heavy (non-hydrogen) atoms. The van der Waals surface area contributed by atoms with Crippen LogP contribution in [-0.2, 0) is 0 Å². The Bertz CT molecular complexity index is 888. The number of halogens is 2. The molecule has 0 N–H and O–H groups in total. The van der Waals surface area contributed by atoms with Crippen molar-refractivity contribution in [3.8, 4) is 5.19 Å². The second-order valence-electron chi connectivity index (χ2n) is 5.12. The Morgan fingerprint density at radius 2 is 2.22 bits per heavy atom. The second-order valence-corrected chi connectivity index (χ2v) is 7.30. The fraction of sp³-hybridized carbons (Fsp3) is 0.200. The minimum Gasteiger partial charge on any atom is -0.463 e. The molecule has 1 amide bonds. The number of hydrogen-bond donors (Lipinski definition) is 0. The Kier molecular flexibility index (Phi) is 3.79. The quantitative estimate of drug-likeness (QED) is 0.645. The zero-order valence-corrected chi connectivity index (χ0v) is 14.8. The van der Waals surface area contributed by atoms with Crippen molar-refractivity contribution in [3.63, 3.8) is 0 Å². The highest BCUT2D eigenvalue weighted by molar-refractivity contribution is 9.10. The fourth-order valence-electron chi connectivity index (χ4n) is 2.35. The lowest BCUT2D eigenvalue weighted by atomic mass is 10.1. The van der Waals surface area contributed by atoms with E-state index in [0.717, 1.165) is 10.2 Å². The Morgan fingerprint density at radius 3 is 2.91 bits per heavy atom. The summed E-state index contributed by atoms with van der Waals surface area (Å²) in [7, 11) is 0. The maximum absolute atomic E-state index is 12.1. The first-order valence-corrected chi connectivity index (χ1v) is 8.85. The van der Waals surface area contributed by atoms with Crippen molar-refractivity contribution in [1.82, 2.24) is 9.88 Å². The number of para-hydroxylation sites is 1. The molecule has 4 rings (SSSR count). The Balaban J connectivity index is 1.40. The summed E-state index contributed by atoms with van der Waals surface area (Å²) in [6.07, 6.45) is -0.0586. The number of ether oxygens (including phenoxy) is 1. The second kappa shape index (κ2) is 5.81. The van der Waals surface area contributed by atoms with Crippen molar-refractivity contribution in [3.05, 3.63) is 45.8 Å². The van der Waals surface area contributed by atoms with Crippen LogP contribution in [0.4, 0.5) is 0 Å². The monoisotopic (exact) mass is 412 g/mol. The number of carbonyl (C=O) groups is 1. The van der Waals surface area contributed by atoms with E-state index in [4.69, 9.17) is 20.8 Å². The highest BCUT2D eigenvalue weighted by Gasteiger charge is 2.34. The minimum absolute atomic E-state index is 0.0586. The summed E-state index contributed by atoms with van der Waals surface area (Å²) in [5, 5.41) is 1.19. The van der Waals surface area contributed by atoms with E-state index in [9.17, 15) is 4.79 Å². The standard InChI is InChI=1S/C15H10BrClN2O3S/c16-12-5-4-10(22-12)14(20)19-6-8(7-19)21-15-18-13-9(17)2-1-3-11(13)23-15/h1-5,8H,6-7H2. The third-order valence-corrected chi connectivity index (χ3v) is 5.18. The van der Waals surface area contributed by atoms with Crippen LogP contribution in [0.15, 0.2) is 39.4 Å². The van der Waals surface area contributed by atoms with Gasteiger partial charge in [0.25, 0.3) is 11.1 Å². The number of carbonyl (C=O) groups excluding carboxylic acids is 1. The van der Waals surface area contributed by atoms with Crippen LogP contribution in [0.1, 0.15) is 10.6 Å². The van der Waals surface area contributed by atoms with Gasteiger partial charge in [0, 0.05) is 0 Å². The van der Waals surface area contributed by atoms with Gasteiger partial charge in [-0.05, 0) is 40.2 Å². The van der Waals surface area contributed by atoms with Crippen LogP contribution in [0.3, 0.4) is 0 Å². The molecule has 1 saturated heterocycles. The van der Waals surface area contributed by atoms with Crippen LogP contribution >= 0.6 is 38.9 Å². The molecular weight excluding hydrogens is 404 g/mol. The van der Waals surface area contributed by atoms with Gasteiger partial charge in [-0.15, -0.1) is 0 Å². The van der Waals surface area contributed by atoms with Gasteiger partial charge in [0.1, 0.15) is 11.6 Å². The molecule has 0 atom stereocenters. The largest absolute Gasteiger partial charge is 0.463 e. The third-order valence-electron chi connectivity index (χ3n) is 3.54. The van der Waals surface area contributed by atoms with Gasteiger partial charge in [-0.1, -0.05) is 29.0 Å². The van der Waals surface area contributed by atoms with E-state index in [-0.39, 0.29) is 12.0 Å². The summed E-state index contributed by atoms with van der Waals surface area (Å²) >= 11 is 10.8. The van der Waals surface area contributed by atoms with Crippen LogP contribution in [0.25, 0.3) is 10.2 Å². The topological polar surface area (TPSA) is 55.6 Å². The minimum atomic E-state index is -0.136. The third kappa shape index (κ3) is 2.84. The van der Waals surface area contributed by atoms with Crippen LogP contribution in [0.5, 0.6) is 5.19 Å². The molecule has 1 aliphatic rings. The molecule has 0 radical (unpaired) electrons. The van der Waals surface area contributed by atoms with Crippen molar-refractivity contribution in [2.24, 2.45) is 0 Å². The zero-order valence-electron chi connectivity index (χ0n) is 11.7. The van der Waals surface area contributed by atoms with Crippen molar-refractivity contribution in [1.29, 1.82) is 0 Å². The Morgan fingerprint density at radius 1 is 1.39 bits per heavy atom. The van der Waals surface area contributed by atoms with Gasteiger partial charge in [0.05, 0.1) is 22.8 Å². The number of aromatic nitrogens is 1. The summed E-state index contributed by atoms with van der Waals surface area (Å²) in [5.74, 6) is 0.185. The first-order valence-electron chi connectivity index (χ1n) is 6.86. The van der Waals surface area contributed by atoms with E-state index in [1.807, 2.05) is 12.1 Å². The van der Waals surface area contributed by atoms with Crippen molar-refractivity contribution < 1.29 is 13.9 Å². The van der Waals surface area contributed by atoms with E-state index >= 15 is 0 Å². The lowest BCUT2D eigenvalue weighted by Gasteiger charge is -2.37. The van der Waals surface area contributed by atoms with E-state index in [1.165, 1.54) is 11.3 Å². The van der Waals surface area contributed by atoms with Crippen LogP contribution in [-0.4, -0.2) is 35.0 Å². The molecule has 1 fully saturated rings. The van der Waals surface area contributed by atoms with Crippen LogP contribution in [0.2, 0.25) is 5.02 Å². The molecule has 0 unspecified atom stereocenters. The number of likely N-dealkylation sites (tertiary alicyclic amines) is 1. The molecular formula is C15H10BrClN2O3S. The lowest BCUT2D eigenvalue weighted by Crippen LogP contribution is -2.56. The molecule has 0 aliphatic carbocycles. The fourth-order valence-corrected chi connectivity index (χ4v) is 3.84. The van der Waals surface area contributed by atoms with E-state index < -0.39 is 0 Å². The molecule has 0 saturated carbocycles. The number of nitrogens with zero attached hydrogens (tertiary/aromatic N) is 2. The average molecular weight is 414 g/mol. The number of hydrogen-bond acceptors (Lipinski definition) is 5. The Labute approximate surface area is 148 Å².